The topological polar surface area (TPSA) is 42.7 Å². The fourth-order valence-corrected chi connectivity index (χ4v) is 2.44. The van der Waals surface area contributed by atoms with Crippen LogP contribution < -0.4 is 5.32 Å². The molecule has 17 heavy (non-hydrogen) atoms. The van der Waals surface area contributed by atoms with Crippen molar-refractivity contribution in [2.75, 3.05) is 0 Å². The molecule has 0 unspecified atom stereocenters. The molecule has 1 saturated carbocycles. The first-order valence-corrected chi connectivity index (χ1v) is 6.90. The maximum Gasteiger partial charge on any atom is 0.0948 e. The van der Waals surface area contributed by atoms with Gasteiger partial charge in [0.1, 0.15) is 0 Å². The number of aromatic nitrogens is 3. The number of aryl methyl sites for hydroxylation is 2. The van der Waals surface area contributed by atoms with Crippen LogP contribution in [0.5, 0.6) is 0 Å². The van der Waals surface area contributed by atoms with E-state index in [-0.39, 0.29) is 0 Å². The Morgan fingerprint density at radius 1 is 1.47 bits per heavy atom. The van der Waals surface area contributed by atoms with Crippen LogP contribution in [0.15, 0.2) is 24.1 Å². The fraction of sp³-hybridized carbons (Fsp3) is 0.500. The summed E-state index contributed by atoms with van der Waals surface area (Å²) in [5.74, 6) is 0. The van der Waals surface area contributed by atoms with Gasteiger partial charge in [-0.15, -0.1) is 11.3 Å². The maximum absolute atomic E-state index is 4.30. The van der Waals surface area contributed by atoms with Gasteiger partial charge in [-0.3, -0.25) is 0 Å². The van der Waals surface area contributed by atoms with E-state index in [1.54, 1.807) is 11.3 Å². The van der Waals surface area contributed by atoms with Gasteiger partial charge in [0.05, 0.1) is 17.0 Å². The van der Waals surface area contributed by atoms with Crippen molar-refractivity contribution in [1.82, 2.24) is 19.9 Å². The molecule has 0 aliphatic heterocycles. The molecule has 5 heteroatoms. The summed E-state index contributed by atoms with van der Waals surface area (Å²) in [4.78, 5) is 8.53. The van der Waals surface area contributed by atoms with Crippen LogP contribution in [0.3, 0.4) is 0 Å². The highest BCUT2D eigenvalue weighted by Crippen LogP contribution is 2.19. The normalized spacial score (nSPS) is 15.3. The highest BCUT2D eigenvalue weighted by molar-refractivity contribution is 7.09. The van der Waals surface area contributed by atoms with Gasteiger partial charge < -0.3 is 9.88 Å². The lowest BCUT2D eigenvalue weighted by atomic mass is 10.4. The van der Waals surface area contributed by atoms with E-state index in [9.17, 15) is 0 Å². The molecular weight excluding hydrogens is 232 g/mol. The number of nitrogens with zero attached hydrogens (tertiary/aromatic N) is 3. The summed E-state index contributed by atoms with van der Waals surface area (Å²) >= 11 is 1.72. The monoisotopic (exact) mass is 248 g/mol. The number of hydrogen-bond acceptors (Lipinski definition) is 4. The summed E-state index contributed by atoms with van der Waals surface area (Å²) in [5.41, 5.74) is 1.27. The molecular formula is C12H16N4S. The standard InChI is InChI=1S/C12H16N4S/c1-2-10(1)15-8-11-7-13-9-16(11)5-3-12-14-4-6-17-12/h4,6-7,9-10,15H,1-3,5,8H2. The van der Waals surface area contributed by atoms with E-state index >= 15 is 0 Å². The molecule has 1 aliphatic carbocycles. The molecule has 90 valence electrons. The van der Waals surface area contributed by atoms with E-state index in [1.807, 2.05) is 24.1 Å². The average Bonchev–Trinajstić information content (AvgIpc) is 2.86. The largest absolute Gasteiger partial charge is 0.333 e. The first-order chi connectivity index (χ1) is 8.42. The molecule has 4 nitrogen and oxygen atoms in total. The van der Waals surface area contributed by atoms with E-state index in [0.717, 1.165) is 25.6 Å². The summed E-state index contributed by atoms with van der Waals surface area (Å²) in [7, 11) is 0. The Bertz CT molecular complexity index is 459. The molecule has 1 N–H and O–H groups in total. The van der Waals surface area contributed by atoms with Crippen molar-refractivity contribution >= 4 is 11.3 Å². The lowest BCUT2D eigenvalue weighted by Crippen LogP contribution is -2.18. The molecule has 0 atom stereocenters. The molecule has 0 amide bonds. The second-order valence-corrected chi connectivity index (χ2v) is 5.39. The van der Waals surface area contributed by atoms with Crippen molar-refractivity contribution in [2.45, 2.75) is 38.4 Å². The molecule has 1 aliphatic rings. The lowest BCUT2D eigenvalue weighted by molar-refractivity contribution is 0.605. The zero-order valence-corrected chi connectivity index (χ0v) is 10.5. The van der Waals surface area contributed by atoms with Crippen LogP contribution in [0.1, 0.15) is 23.5 Å². The van der Waals surface area contributed by atoms with E-state index in [2.05, 4.69) is 19.9 Å². The molecule has 2 heterocycles. The van der Waals surface area contributed by atoms with Crippen LogP contribution >= 0.6 is 11.3 Å². The second-order valence-electron chi connectivity index (χ2n) is 4.41. The maximum atomic E-state index is 4.30. The summed E-state index contributed by atoms with van der Waals surface area (Å²) in [6, 6.07) is 0.748. The summed E-state index contributed by atoms with van der Waals surface area (Å²) < 4.78 is 2.22. The van der Waals surface area contributed by atoms with Crippen molar-refractivity contribution < 1.29 is 0 Å². The zero-order chi connectivity index (χ0) is 11.5. The highest BCUT2D eigenvalue weighted by atomic mass is 32.1. The summed E-state index contributed by atoms with van der Waals surface area (Å²) in [6.45, 7) is 1.90. The third kappa shape index (κ3) is 2.92. The van der Waals surface area contributed by atoms with Crippen LogP contribution in [0.2, 0.25) is 0 Å². The van der Waals surface area contributed by atoms with Gasteiger partial charge in [-0.2, -0.15) is 0 Å². The minimum absolute atomic E-state index is 0.748. The minimum atomic E-state index is 0.748. The second kappa shape index (κ2) is 4.98. The fourth-order valence-electron chi connectivity index (χ4n) is 1.83. The van der Waals surface area contributed by atoms with Crippen LogP contribution in [0, 0.1) is 0 Å². The molecule has 2 aromatic heterocycles. The predicted molar refractivity (Wildman–Crippen MR) is 67.9 cm³/mol. The Morgan fingerprint density at radius 3 is 3.18 bits per heavy atom. The summed E-state index contributed by atoms with van der Waals surface area (Å²) in [6.07, 6.45) is 9.38. The number of nitrogens with one attached hydrogen (secondary N) is 1. The van der Waals surface area contributed by atoms with Gasteiger partial charge in [-0.25, -0.2) is 9.97 Å². The average molecular weight is 248 g/mol. The van der Waals surface area contributed by atoms with Crippen molar-refractivity contribution in [3.8, 4) is 0 Å². The Hall–Kier alpha value is -1.20. The van der Waals surface area contributed by atoms with E-state index in [0.29, 0.717) is 0 Å². The number of imidazole rings is 1. The molecule has 0 aromatic carbocycles. The van der Waals surface area contributed by atoms with Crippen LogP contribution in [0.25, 0.3) is 0 Å². The third-order valence-electron chi connectivity index (χ3n) is 3.00. The first kappa shape index (κ1) is 10.9. The van der Waals surface area contributed by atoms with Crippen molar-refractivity contribution in [1.29, 1.82) is 0 Å². The highest BCUT2D eigenvalue weighted by Gasteiger charge is 2.20. The third-order valence-corrected chi connectivity index (χ3v) is 3.84. The Kier molecular flexibility index (Phi) is 3.20. The number of thiazole rings is 1. The Morgan fingerprint density at radius 2 is 2.41 bits per heavy atom. The first-order valence-electron chi connectivity index (χ1n) is 6.02. The predicted octanol–water partition coefficient (Wildman–Crippen LogP) is 1.83. The van der Waals surface area contributed by atoms with E-state index in [1.165, 1.54) is 23.5 Å². The van der Waals surface area contributed by atoms with Crippen LogP contribution in [-0.2, 0) is 19.5 Å². The number of hydrogen-bond donors (Lipinski definition) is 1. The van der Waals surface area contributed by atoms with Gasteiger partial charge in [-0.1, -0.05) is 0 Å². The van der Waals surface area contributed by atoms with Gasteiger partial charge >= 0.3 is 0 Å². The molecule has 0 saturated heterocycles. The molecule has 0 radical (unpaired) electrons. The van der Waals surface area contributed by atoms with Crippen LogP contribution in [0.4, 0.5) is 0 Å². The van der Waals surface area contributed by atoms with Gasteiger partial charge in [-0.05, 0) is 12.8 Å². The molecule has 2 aromatic rings. The smallest absolute Gasteiger partial charge is 0.0948 e. The van der Waals surface area contributed by atoms with Gasteiger partial charge in [0.15, 0.2) is 0 Å². The molecule has 3 rings (SSSR count). The Balaban J connectivity index is 1.56. The zero-order valence-electron chi connectivity index (χ0n) is 9.67. The van der Waals surface area contributed by atoms with E-state index in [4.69, 9.17) is 0 Å². The molecule has 0 spiro atoms. The lowest BCUT2D eigenvalue weighted by Gasteiger charge is -2.07. The van der Waals surface area contributed by atoms with Crippen molar-refractivity contribution in [3.05, 3.63) is 34.8 Å². The van der Waals surface area contributed by atoms with Crippen LogP contribution in [-0.4, -0.2) is 20.6 Å². The molecule has 1 fully saturated rings. The number of rotatable bonds is 6. The van der Waals surface area contributed by atoms with Crippen molar-refractivity contribution in [3.63, 3.8) is 0 Å². The van der Waals surface area contributed by atoms with Gasteiger partial charge in [0.2, 0.25) is 0 Å². The Labute approximate surface area is 105 Å². The molecule has 0 bridgehead atoms. The van der Waals surface area contributed by atoms with Gasteiger partial charge in [0, 0.05) is 43.3 Å². The van der Waals surface area contributed by atoms with Crippen molar-refractivity contribution in [2.24, 2.45) is 0 Å². The quantitative estimate of drug-likeness (QED) is 0.848. The van der Waals surface area contributed by atoms with E-state index < -0.39 is 0 Å². The van der Waals surface area contributed by atoms with Gasteiger partial charge in [0.25, 0.3) is 0 Å². The minimum Gasteiger partial charge on any atom is -0.333 e. The summed E-state index contributed by atoms with van der Waals surface area (Å²) in [5, 5.41) is 6.74. The SMILES string of the molecule is c1csc(CCn2cncc2CNC2CC2)n1.